The third kappa shape index (κ3) is 4.06. The number of nitro benzene ring substituents is 1. The van der Waals surface area contributed by atoms with E-state index in [1.807, 2.05) is 18.2 Å². The quantitative estimate of drug-likeness (QED) is 0.373. The molecular weight excluding hydrogens is 338 g/mol. The summed E-state index contributed by atoms with van der Waals surface area (Å²) < 4.78 is 6.66. The molecule has 0 atom stereocenters. The predicted octanol–water partition coefficient (Wildman–Crippen LogP) is 4.82. The molecule has 0 amide bonds. The smallest absolute Gasteiger partial charge is 0.270 e. The van der Waals surface area contributed by atoms with Gasteiger partial charge < -0.3 is 10.1 Å². The van der Waals surface area contributed by atoms with Gasteiger partial charge in [-0.25, -0.2) is 4.98 Å². The maximum atomic E-state index is 10.8. The highest BCUT2D eigenvalue weighted by molar-refractivity contribution is 7.22. The van der Waals surface area contributed by atoms with Crippen LogP contribution in [0.5, 0.6) is 5.75 Å². The van der Waals surface area contributed by atoms with Gasteiger partial charge >= 0.3 is 0 Å². The molecule has 0 saturated carbocycles. The van der Waals surface area contributed by atoms with Crippen molar-refractivity contribution in [2.24, 2.45) is 0 Å². The fourth-order valence-electron chi connectivity index (χ4n) is 2.51. The van der Waals surface area contributed by atoms with E-state index in [0.29, 0.717) is 19.1 Å². The minimum absolute atomic E-state index is 0.0799. The second-order valence-corrected chi connectivity index (χ2v) is 6.93. The molecule has 1 heterocycles. The molecule has 0 unspecified atom stereocenters. The lowest BCUT2D eigenvalue weighted by molar-refractivity contribution is -0.384. The van der Waals surface area contributed by atoms with Crippen molar-refractivity contribution in [2.45, 2.75) is 19.8 Å². The molecule has 2 aromatic carbocycles. The SMILES string of the molecule is CC(C)c1ccccc1OCCNc1nc2ccc([N+](=O)[O-])cc2s1. The highest BCUT2D eigenvalue weighted by Gasteiger charge is 2.10. The van der Waals surface area contributed by atoms with Gasteiger partial charge in [0.2, 0.25) is 0 Å². The molecule has 0 aliphatic carbocycles. The van der Waals surface area contributed by atoms with Crippen LogP contribution in [0, 0.1) is 10.1 Å². The van der Waals surface area contributed by atoms with Gasteiger partial charge in [0.15, 0.2) is 5.13 Å². The van der Waals surface area contributed by atoms with E-state index >= 15 is 0 Å². The topological polar surface area (TPSA) is 77.3 Å². The van der Waals surface area contributed by atoms with Crippen molar-refractivity contribution in [3.05, 3.63) is 58.1 Å². The van der Waals surface area contributed by atoms with E-state index in [2.05, 4.69) is 30.2 Å². The Bertz CT molecular complexity index is 892. The zero-order valence-corrected chi connectivity index (χ0v) is 14.9. The van der Waals surface area contributed by atoms with Gasteiger partial charge in [-0.2, -0.15) is 0 Å². The highest BCUT2D eigenvalue weighted by atomic mass is 32.1. The van der Waals surface area contributed by atoms with Gasteiger partial charge in [-0.3, -0.25) is 10.1 Å². The van der Waals surface area contributed by atoms with Gasteiger partial charge in [0.05, 0.1) is 21.7 Å². The molecule has 0 fully saturated rings. The van der Waals surface area contributed by atoms with Crippen LogP contribution in [0.1, 0.15) is 25.3 Å². The van der Waals surface area contributed by atoms with Crippen molar-refractivity contribution in [1.82, 2.24) is 4.98 Å². The number of nitro groups is 1. The Labute approximate surface area is 149 Å². The van der Waals surface area contributed by atoms with Crippen molar-refractivity contribution < 1.29 is 9.66 Å². The van der Waals surface area contributed by atoms with Crippen molar-refractivity contribution >= 4 is 32.4 Å². The average molecular weight is 357 g/mol. The first-order valence-electron chi connectivity index (χ1n) is 8.05. The Morgan fingerprint density at radius 3 is 2.84 bits per heavy atom. The summed E-state index contributed by atoms with van der Waals surface area (Å²) in [6.45, 7) is 5.40. The Balaban J connectivity index is 1.59. The van der Waals surface area contributed by atoms with Crippen LogP contribution in [0.3, 0.4) is 0 Å². The van der Waals surface area contributed by atoms with Crippen LogP contribution < -0.4 is 10.1 Å². The molecule has 1 N–H and O–H groups in total. The maximum Gasteiger partial charge on any atom is 0.270 e. The summed E-state index contributed by atoms with van der Waals surface area (Å²) in [4.78, 5) is 14.9. The largest absolute Gasteiger partial charge is 0.491 e. The first-order valence-corrected chi connectivity index (χ1v) is 8.87. The van der Waals surface area contributed by atoms with Crippen LogP contribution in [-0.2, 0) is 0 Å². The van der Waals surface area contributed by atoms with Crippen LogP contribution in [-0.4, -0.2) is 23.1 Å². The molecule has 0 spiro atoms. The summed E-state index contributed by atoms with van der Waals surface area (Å²) in [6, 6.07) is 12.7. The van der Waals surface area contributed by atoms with E-state index in [1.165, 1.54) is 23.0 Å². The van der Waals surface area contributed by atoms with Crippen molar-refractivity contribution in [2.75, 3.05) is 18.5 Å². The third-order valence-corrected chi connectivity index (χ3v) is 4.74. The lowest BCUT2D eigenvalue weighted by atomic mass is 10.0. The minimum atomic E-state index is -0.397. The number of nitrogens with one attached hydrogen (secondary N) is 1. The highest BCUT2D eigenvalue weighted by Crippen LogP contribution is 2.29. The van der Waals surface area contributed by atoms with Crippen molar-refractivity contribution in [3.8, 4) is 5.75 Å². The average Bonchev–Trinajstić information content (AvgIpc) is 3.00. The molecule has 0 aliphatic rings. The van der Waals surface area contributed by atoms with E-state index in [9.17, 15) is 10.1 Å². The lowest BCUT2D eigenvalue weighted by Crippen LogP contribution is -2.12. The summed E-state index contributed by atoms with van der Waals surface area (Å²) in [7, 11) is 0. The third-order valence-electron chi connectivity index (χ3n) is 3.76. The summed E-state index contributed by atoms with van der Waals surface area (Å²) in [5.41, 5.74) is 2.02. The molecule has 7 heteroatoms. The molecular formula is C18H19N3O3S. The van der Waals surface area contributed by atoms with Crippen LogP contribution in [0.25, 0.3) is 10.2 Å². The van der Waals surface area contributed by atoms with E-state index in [1.54, 1.807) is 12.1 Å². The maximum absolute atomic E-state index is 10.8. The van der Waals surface area contributed by atoms with Gasteiger partial charge in [-0.05, 0) is 23.6 Å². The number of hydrogen-bond acceptors (Lipinski definition) is 6. The zero-order chi connectivity index (χ0) is 17.8. The summed E-state index contributed by atoms with van der Waals surface area (Å²) >= 11 is 1.40. The van der Waals surface area contributed by atoms with Crippen molar-refractivity contribution in [1.29, 1.82) is 0 Å². The summed E-state index contributed by atoms with van der Waals surface area (Å²) in [5, 5.41) is 14.8. The number of benzene rings is 2. The number of nitrogens with zero attached hydrogens (tertiary/aromatic N) is 2. The molecule has 130 valence electrons. The second kappa shape index (κ2) is 7.48. The van der Waals surface area contributed by atoms with Gasteiger partial charge in [0.25, 0.3) is 5.69 Å². The van der Waals surface area contributed by atoms with E-state index in [-0.39, 0.29) is 5.69 Å². The van der Waals surface area contributed by atoms with E-state index in [4.69, 9.17) is 4.74 Å². The van der Waals surface area contributed by atoms with Crippen LogP contribution >= 0.6 is 11.3 Å². The van der Waals surface area contributed by atoms with Gasteiger partial charge in [0.1, 0.15) is 12.4 Å². The molecule has 6 nitrogen and oxygen atoms in total. The van der Waals surface area contributed by atoms with Gasteiger partial charge in [0, 0.05) is 12.1 Å². The van der Waals surface area contributed by atoms with E-state index < -0.39 is 4.92 Å². The molecule has 0 bridgehead atoms. The summed E-state index contributed by atoms with van der Waals surface area (Å²) in [6.07, 6.45) is 0. The molecule has 25 heavy (non-hydrogen) atoms. The predicted molar refractivity (Wildman–Crippen MR) is 101 cm³/mol. The fraction of sp³-hybridized carbons (Fsp3) is 0.278. The van der Waals surface area contributed by atoms with Crippen LogP contribution in [0.4, 0.5) is 10.8 Å². The van der Waals surface area contributed by atoms with E-state index in [0.717, 1.165) is 21.1 Å². The Kier molecular flexibility index (Phi) is 5.14. The molecule has 3 aromatic rings. The number of rotatable bonds is 7. The number of aromatic nitrogens is 1. The lowest BCUT2D eigenvalue weighted by Gasteiger charge is -2.13. The van der Waals surface area contributed by atoms with Crippen LogP contribution in [0.2, 0.25) is 0 Å². The molecule has 1 aromatic heterocycles. The normalized spacial score (nSPS) is 11.0. The minimum Gasteiger partial charge on any atom is -0.491 e. The molecule has 3 rings (SSSR count). The Hall–Kier alpha value is -2.67. The fourth-order valence-corrected chi connectivity index (χ4v) is 3.43. The number of non-ortho nitro benzene ring substituents is 1. The number of thiazole rings is 1. The molecule has 0 radical (unpaired) electrons. The number of hydrogen-bond donors (Lipinski definition) is 1. The number of ether oxygens (including phenoxy) is 1. The van der Waals surface area contributed by atoms with Crippen LogP contribution in [0.15, 0.2) is 42.5 Å². The number of anilines is 1. The number of fused-ring (bicyclic) bond motifs is 1. The Morgan fingerprint density at radius 1 is 1.28 bits per heavy atom. The molecule has 0 saturated heterocycles. The van der Waals surface area contributed by atoms with Gasteiger partial charge in [-0.15, -0.1) is 0 Å². The standard InChI is InChI=1S/C18H19N3O3S/c1-12(2)14-5-3-4-6-16(14)24-10-9-19-18-20-15-8-7-13(21(22)23)11-17(15)25-18/h3-8,11-12H,9-10H2,1-2H3,(H,19,20). The van der Waals surface area contributed by atoms with Gasteiger partial charge in [-0.1, -0.05) is 43.4 Å². The van der Waals surface area contributed by atoms with Crippen molar-refractivity contribution in [3.63, 3.8) is 0 Å². The Morgan fingerprint density at radius 2 is 2.08 bits per heavy atom. The monoisotopic (exact) mass is 357 g/mol. The summed E-state index contributed by atoms with van der Waals surface area (Å²) in [5.74, 6) is 1.31. The second-order valence-electron chi connectivity index (χ2n) is 5.90. The zero-order valence-electron chi connectivity index (χ0n) is 14.1. The first-order chi connectivity index (χ1) is 12.0. The first kappa shape index (κ1) is 17.2. The number of para-hydroxylation sites is 1. The molecule has 0 aliphatic heterocycles.